The van der Waals surface area contributed by atoms with E-state index in [0.29, 0.717) is 17.8 Å². The molecule has 45 heavy (non-hydrogen) atoms. The highest BCUT2D eigenvalue weighted by Gasteiger charge is 2.21. The third-order valence-corrected chi connectivity index (χ3v) is 10.1. The summed E-state index contributed by atoms with van der Waals surface area (Å²) in [5.74, 6) is 0.364. The highest BCUT2D eigenvalue weighted by Crippen LogP contribution is 2.33. The second-order valence-electron chi connectivity index (χ2n) is 12.5. The van der Waals surface area contributed by atoms with Crippen LogP contribution in [0.4, 0.5) is 0 Å². The van der Waals surface area contributed by atoms with Crippen LogP contribution in [0.5, 0.6) is 0 Å². The first kappa shape index (κ1) is 31.8. The molecule has 3 aromatic carbocycles. The third-order valence-electron chi connectivity index (χ3n) is 9.36. The van der Waals surface area contributed by atoms with Gasteiger partial charge in [0.25, 0.3) is 0 Å². The molecule has 1 atom stereocenters. The molecule has 6 rings (SSSR count). The maximum atomic E-state index is 12.7. The van der Waals surface area contributed by atoms with Crippen molar-refractivity contribution in [3.05, 3.63) is 93.6 Å². The number of Topliss-reactive ketones (excluding diaryl/α,β-unsaturated/α-hetero) is 1. The molecule has 0 spiro atoms. The molecule has 0 aliphatic carbocycles. The molecule has 1 aromatic heterocycles. The Bertz CT molecular complexity index is 1640. The lowest BCUT2D eigenvalue weighted by Gasteiger charge is -2.35. The molecule has 234 valence electrons. The van der Waals surface area contributed by atoms with Gasteiger partial charge in [-0.05, 0) is 79.8 Å². The molecule has 0 radical (unpaired) electrons. The number of piperidine rings is 1. The van der Waals surface area contributed by atoms with E-state index < -0.39 is 0 Å². The smallest absolute Gasteiger partial charge is 0.149 e. The number of benzene rings is 3. The molecule has 2 saturated heterocycles. The molecule has 2 fully saturated rings. The molecule has 0 bridgehead atoms. The van der Waals surface area contributed by atoms with Crippen LogP contribution in [0.1, 0.15) is 55.2 Å². The van der Waals surface area contributed by atoms with Crippen LogP contribution in [0, 0.1) is 11.3 Å². The Labute approximate surface area is 276 Å². The van der Waals surface area contributed by atoms with Crippen molar-refractivity contribution in [1.29, 1.82) is 5.26 Å². The van der Waals surface area contributed by atoms with E-state index >= 15 is 0 Å². The number of ketones is 1. The van der Waals surface area contributed by atoms with Crippen molar-refractivity contribution in [2.24, 2.45) is 0 Å². The van der Waals surface area contributed by atoms with Crippen molar-refractivity contribution >= 4 is 39.9 Å². The Kier molecular flexibility index (Phi) is 10.6. The Hall–Kier alpha value is -3.18. The average molecular weight is 643 g/mol. The zero-order chi connectivity index (χ0) is 31.2. The van der Waals surface area contributed by atoms with Gasteiger partial charge in [-0.15, -0.1) is 0 Å². The van der Waals surface area contributed by atoms with Crippen molar-refractivity contribution in [3.8, 4) is 17.2 Å². The Balaban J connectivity index is 1.13. The summed E-state index contributed by atoms with van der Waals surface area (Å²) < 4.78 is 2.34. The van der Waals surface area contributed by atoms with E-state index in [2.05, 4.69) is 50.1 Å². The fraction of sp³-hybridized carbons (Fsp3) is 0.405. The van der Waals surface area contributed by atoms with Crippen LogP contribution < -0.4 is 5.32 Å². The molecule has 4 aromatic rings. The fourth-order valence-corrected chi connectivity index (χ4v) is 7.25. The van der Waals surface area contributed by atoms with Crippen LogP contribution in [0.15, 0.2) is 66.9 Å². The molecular weight excluding hydrogens is 601 g/mol. The standard InChI is InChI=1S/C37H41Cl2N5O/c38-33-6-5-7-34(39)32(33)25-43-20-18-42(19-21-43)24-28-12-15-36-30(22-28)31(29-13-10-27(23-40)11-14-29)26-44(36)17-4-2-9-37(45)35-8-1-3-16-41-35/h5-7,10-15,22,26,35,41H,1-4,8-9,16-21,24-25H2. The second-order valence-corrected chi connectivity index (χ2v) is 13.3. The van der Waals surface area contributed by atoms with Crippen LogP contribution >= 0.6 is 23.2 Å². The SMILES string of the molecule is N#Cc1ccc(-c2cn(CCCCC(=O)C3CCCCN3)c3ccc(CN4CCN(Cc5c(Cl)cccc5Cl)CC4)cc23)cc1. The van der Waals surface area contributed by atoms with E-state index in [1.807, 2.05) is 42.5 Å². The molecule has 2 aliphatic heterocycles. The zero-order valence-corrected chi connectivity index (χ0v) is 27.3. The summed E-state index contributed by atoms with van der Waals surface area (Å²) in [6.45, 7) is 7.40. The summed E-state index contributed by atoms with van der Waals surface area (Å²) >= 11 is 12.9. The first-order chi connectivity index (χ1) is 22.0. The Morgan fingerprint density at radius 3 is 2.33 bits per heavy atom. The number of nitrogens with zero attached hydrogens (tertiary/aromatic N) is 4. The maximum Gasteiger partial charge on any atom is 0.149 e. The van der Waals surface area contributed by atoms with Gasteiger partial charge in [0.2, 0.25) is 0 Å². The van der Waals surface area contributed by atoms with Crippen LogP contribution in [-0.4, -0.2) is 58.9 Å². The van der Waals surface area contributed by atoms with Gasteiger partial charge < -0.3 is 9.88 Å². The number of carbonyl (C=O) groups excluding carboxylic acids is 1. The molecule has 3 heterocycles. The van der Waals surface area contributed by atoms with Gasteiger partial charge in [-0.2, -0.15) is 5.26 Å². The predicted octanol–water partition coefficient (Wildman–Crippen LogP) is 7.69. The highest BCUT2D eigenvalue weighted by atomic mass is 35.5. The first-order valence-corrected chi connectivity index (χ1v) is 17.0. The van der Waals surface area contributed by atoms with Gasteiger partial charge in [0.1, 0.15) is 5.78 Å². The minimum Gasteiger partial charge on any atom is -0.347 e. The number of hydrogen-bond acceptors (Lipinski definition) is 5. The minimum absolute atomic E-state index is 0.0522. The van der Waals surface area contributed by atoms with E-state index in [4.69, 9.17) is 23.2 Å². The quantitative estimate of drug-likeness (QED) is 0.170. The predicted molar refractivity (Wildman–Crippen MR) is 184 cm³/mol. The minimum atomic E-state index is 0.0522. The molecule has 8 heteroatoms. The summed E-state index contributed by atoms with van der Waals surface area (Å²) in [5.41, 5.74) is 6.47. The molecule has 0 saturated carbocycles. The van der Waals surface area contributed by atoms with Gasteiger partial charge >= 0.3 is 0 Å². The molecular formula is C37H41Cl2N5O. The van der Waals surface area contributed by atoms with Gasteiger partial charge in [0.15, 0.2) is 0 Å². The molecule has 0 amide bonds. The number of nitrogens with one attached hydrogen (secondary N) is 1. The van der Waals surface area contributed by atoms with Gasteiger partial charge in [0.05, 0.1) is 17.7 Å². The number of carbonyl (C=O) groups is 1. The monoisotopic (exact) mass is 641 g/mol. The van der Waals surface area contributed by atoms with E-state index in [1.54, 1.807) is 0 Å². The van der Waals surface area contributed by atoms with Crippen LogP contribution in [0.2, 0.25) is 10.0 Å². The zero-order valence-electron chi connectivity index (χ0n) is 25.8. The van der Waals surface area contributed by atoms with Crippen molar-refractivity contribution in [3.63, 3.8) is 0 Å². The van der Waals surface area contributed by atoms with Gasteiger partial charge in [0, 0.05) is 90.5 Å². The number of nitriles is 1. The molecule has 1 unspecified atom stereocenters. The average Bonchev–Trinajstić information content (AvgIpc) is 3.43. The summed E-state index contributed by atoms with van der Waals surface area (Å²) in [6, 6.07) is 22.7. The Morgan fingerprint density at radius 1 is 0.911 bits per heavy atom. The largest absolute Gasteiger partial charge is 0.347 e. The second kappa shape index (κ2) is 14.9. The lowest BCUT2D eigenvalue weighted by atomic mass is 9.98. The van der Waals surface area contributed by atoms with Gasteiger partial charge in [-0.3, -0.25) is 14.6 Å². The van der Waals surface area contributed by atoms with Crippen LogP contribution in [0.3, 0.4) is 0 Å². The molecule has 1 N–H and O–H groups in total. The maximum absolute atomic E-state index is 12.7. The number of hydrogen-bond donors (Lipinski definition) is 1. The lowest BCUT2D eigenvalue weighted by molar-refractivity contribution is -0.121. The topological polar surface area (TPSA) is 64.3 Å². The van der Waals surface area contributed by atoms with Crippen molar-refractivity contribution in [2.45, 2.75) is 64.2 Å². The van der Waals surface area contributed by atoms with Crippen LogP contribution in [-0.2, 0) is 24.4 Å². The number of aromatic nitrogens is 1. The molecule has 2 aliphatic rings. The van der Waals surface area contributed by atoms with Gasteiger partial charge in [-0.1, -0.05) is 53.9 Å². The number of aryl methyl sites for hydroxylation is 1. The van der Waals surface area contributed by atoms with Crippen molar-refractivity contribution in [1.82, 2.24) is 19.7 Å². The Morgan fingerprint density at radius 2 is 1.64 bits per heavy atom. The van der Waals surface area contributed by atoms with E-state index in [9.17, 15) is 10.1 Å². The van der Waals surface area contributed by atoms with Gasteiger partial charge in [-0.25, -0.2) is 0 Å². The van der Waals surface area contributed by atoms with Crippen molar-refractivity contribution < 1.29 is 4.79 Å². The number of piperazine rings is 1. The number of rotatable bonds is 11. The number of fused-ring (bicyclic) bond motifs is 1. The van der Waals surface area contributed by atoms with E-state index in [1.165, 1.54) is 28.5 Å². The van der Waals surface area contributed by atoms with Crippen LogP contribution in [0.25, 0.3) is 22.0 Å². The highest BCUT2D eigenvalue weighted by molar-refractivity contribution is 6.36. The lowest BCUT2D eigenvalue weighted by Crippen LogP contribution is -2.45. The summed E-state index contributed by atoms with van der Waals surface area (Å²) in [7, 11) is 0. The van der Waals surface area contributed by atoms with E-state index in [0.717, 1.165) is 99.2 Å². The number of unbranched alkanes of at least 4 members (excludes halogenated alkanes) is 1. The van der Waals surface area contributed by atoms with Crippen molar-refractivity contribution in [2.75, 3.05) is 32.7 Å². The third kappa shape index (κ3) is 7.80. The summed E-state index contributed by atoms with van der Waals surface area (Å²) in [4.78, 5) is 17.6. The van der Waals surface area contributed by atoms with E-state index in [-0.39, 0.29) is 6.04 Å². The normalized spacial score (nSPS) is 17.8. The summed E-state index contributed by atoms with van der Waals surface area (Å²) in [5, 5.41) is 15.4. The fourth-order valence-electron chi connectivity index (χ4n) is 6.73. The number of halogens is 2. The first-order valence-electron chi connectivity index (χ1n) is 16.2. The summed E-state index contributed by atoms with van der Waals surface area (Å²) in [6.07, 6.45) is 8.04. The molecule has 6 nitrogen and oxygen atoms in total.